The molecule has 0 saturated carbocycles. The number of benzene rings is 2. The van der Waals surface area contributed by atoms with E-state index in [2.05, 4.69) is 0 Å². The molecule has 0 heterocycles. The van der Waals surface area contributed by atoms with Crippen molar-refractivity contribution < 1.29 is 9.18 Å². The molecule has 20 heavy (non-hydrogen) atoms. The summed E-state index contributed by atoms with van der Waals surface area (Å²) in [6, 6.07) is 11.4. The van der Waals surface area contributed by atoms with E-state index in [4.69, 9.17) is 23.2 Å². The van der Waals surface area contributed by atoms with Crippen LogP contribution < -0.4 is 0 Å². The SMILES string of the molecule is O=C(CSc1ccccc1Cl)Cc1ccc(F)cc1Cl. The third-order valence-corrected chi connectivity index (χ3v) is 4.55. The second-order valence-corrected chi connectivity index (χ2v) is 6.00. The zero-order chi connectivity index (χ0) is 14.5. The van der Waals surface area contributed by atoms with E-state index in [-0.39, 0.29) is 17.2 Å². The molecule has 2 aromatic rings. The Morgan fingerprint density at radius 3 is 2.55 bits per heavy atom. The minimum absolute atomic E-state index is 0.0171. The van der Waals surface area contributed by atoms with Gasteiger partial charge in [0, 0.05) is 16.3 Å². The molecule has 2 rings (SSSR count). The quantitative estimate of drug-likeness (QED) is 0.715. The van der Waals surface area contributed by atoms with Crippen molar-refractivity contribution in [2.24, 2.45) is 0 Å². The van der Waals surface area contributed by atoms with Gasteiger partial charge in [-0.3, -0.25) is 4.79 Å². The van der Waals surface area contributed by atoms with Crippen LogP contribution in [0.4, 0.5) is 4.39 Å². The first-order chi connectivity index (χ1) is 9.56. The average molecular weight is 329 g/mol. The fourth-order valence-electron chi connectivity index (χ4n) is 1.65. The van der Waals surface area contributed by atoms with E-state index in [1.54, 1.807) is 6.07 Å². The molecule has 0 spiro atoms. The lowest BCUT2D eigenvalue weighted by molar-refractivity contribution is -0.116. The van der Waals surface area contributed by atoms with Gasteiger partial charge in [0.1, 0.15) is 11.6 Å². The second-order valence-electron chi connectivity index (χ2n) is 4.17. The van der Waals surface area contributed by atoms with Gasteiger partial charge >= 0.3 is 0 Å². The van der Waals surface area contributed by atoms with E-state index in [1.807, 2.05) is 18.2 Å². The van der Waals surface area contributed by atoms with Crippen LogP contribution in [-0.2, 0) is 11.2 Å². The number of Topliss-reactive ketones (excluding diaryl/α,β-unsaturated/α-hetero) is 1. The van der Waals surface area contributed by atoms with Crippen LogP contribution in [0.5, 0.6) is 0 Å². The Labute approximate surface area is 131 Å². The summed E-state index contributed by atoms with van der Waals surface area (Å²) in [6.07, 6.45) is 0.191. The summed E-state index contributed by atoms with van der Waals surface area (Å²) in [5, 5.41) is 0.909. The van der Waals surface area contributed by atoms with Crippen LogP contribution in [0.3, 0.4) is 0 Å². The zero-order valence-corrected chi connectivity index (χ0v) is 12.7. The highest BCUT2D eigenvalue weighted by atomic mass is 35.5. The van der Waals surface area contributed by atoms with Gasteiger partial charge in [-0.1, -0.05) is 41.4 Å². The summed E-state index contributed by atoms with van der Waals surface area (Å²) in [7, 11) is 0. The molecule has 0 unspecified atom stereocenters. The summed E-state index contributed by atoms with van der Waals surface area (Å²) in [4.78, 5) is 12.8. The van der Waals surface area contributed by atoms with E-state index in [9.17, 15) is 9.18 Å². The van der Waals surface area contributed by atoms with E-state index in [1.165, 1.54) is 30.0 Å². The summed E-state index contributed by atoms with van der Waals surface area (Å²) in [6.45, 7) is 0. The maximum absolute atomic E-state index is 12.9. The maximum atomic E-state index is 12.9. The minimum atomic E-state index is -0.406. The van der Waals surface area contributed by atoms with Crippen molar-refractivity contribution in [3.8, 4) is 0 Å². The molecular weight excluding hydrogens is 318 g/mol. The molecule has 0 atom stereocenters. The number of carbonyl (C=O) groups excluding carboxylic acids is 1. The van der Waals surface area contributed by atoms with Crippen molar-refractivity contribution in [3.05, 3.63) is 63.9 Å². The lowest BCUT2D eigenvalue weighted by Crippen LogP contribution is -2.06. The van der Waals surface area contributed by atoms with Crippen molar-refractivity contribution >= 4 is 40.7 Å². The Morgan fingerprint density at radius 2 is 1.85 bits per heavy atom. The Hall–Kier alpha value is -1.03. The van der Waals surface area contributed by atoms with Gasteiger partial charge in [0.15, 0.2) is 0 Å². The van der Waals surface area contributed by atoms with Crippen molar-refractivity contribution in [1.29, 1.82) is 0 Å². The van der Waals surface area contributed by atoms with Crippen LogP contribution in [0.1, 0.15) is 5.56 Å². The van der Waals surface area contributed by atoms with Crippen LogP contribution >= 0.6 is 35.0 Å². The molecule has 0 aliphatic rings. The van der Waals surface area contributed by atoms with Crippen molar-refractivity contribution in [3.63, 3.8) is 0 Å². The summed E-state index contributed by atoms with van der Waals surface area (Å²) >= 11 is 13.3. The molecule has 1 nitrogen and oxygen atoms in total. The maximum Gasteiger partial charge on any atom is 0.147 e. The van der Waals surface area contributed by atoms with E-state index < -0.39 is 5.82 Å². The smallest absolute Gasteiger partial charge is 0.147 e. The van der Waals surface area contributed by atoms with Gasteiger partial charge in [-0.25, -0.2) is 4.39 Å². The molecule has 5 heteroatoms. The number of rotatable bonds is 5. The number of thioether (sulfide) groups is 1. The Balaban J connectivity index is 1.94. The van der Waals surface area contributed by atoms with Crippen molar-refractivity contribution in [2.45, 2.75) is 11.3 Å². The third-order valence-electron chi connectivity index (χ3n) is 2.63. The van der Waals surface area contributed by atoms with Gasteiger partial charge in [-0.15, -0.1) is 11.8 Å². The Bertz CT molecular complexity index is 631. The van der Waals surface area contributed by atoms with Gasteiger partial charge in [0.05, 0.1) is 10.8 Å². The first kappa shape index (κ1) is 15.4. The molecule has 0 radical (unpaired) electrons. The van der Waals surface area contributed by atoms with Crippen LogP contribution in [0, 0.1) is 5.82 Å². The van der Waals surface area contributed by atoms with Crippen molar-refractivity contribution in [2.75, 3.05) is 5.75 Å². The number of halogens is 3. The highest BCUT2D eigenvalue weighted by Crippen LogP contribution is 2.27. The monoisotopic (exact) mass is 328 g/mol. The fourth-order valence-corrected chi connectivity index (χ4v) is 2.98. The molecule has 0 N–H and O–H groups in total. The number of carbonyl (C=O) groups is 1. The summed E-state index contributed by atoms with van der Waals surface area (Å²) in [5.41, 5.74) is 0.637. The number of ketones is 1. The molecule has 0 bridgehead atoms. The van der Waals surface area contributed by atoms with Gasteiger partial charge < -0.3 is 0 Å². The Kier molecular flexibility index (Phi) is 5.46. The molecular formula is C15H11Cl2FOS. The lowest BCUT2D eigenvalue weighted by atomic mass is 10.1. The molecule has 104 valence electrons. The minimum Gasteiger partial charge on any atom is -0.298 e. The largest absolute Gasteiger partial charge is 0.298 e. The molecule has 0 aromatic heterocycles. The third kappa shape index (κ3) is 4.23. The van der Waals surface area contributed by atoms with Crippen LogP contribution in [0.25, 0.3) is 0 Å². The van der Waals surface area contributed by atoms with E-state index >= 15 is 0 Å². The molecule has 0 aliphatic carbocycles. The summed E-state index contributed by atoms with van der Waals surface area (Å²) in [5.74, 6) is -0.0858. The first-order valence-corrected chi connectivity index (χ1v) is 7.63. The highest BCUT2D eigenvalue weighted by Gasteiger charge is 2.09. The summed E-state index contributed by atoms with van der Waals surface area (Å²) < 4.78 is 12.9. The number of hydrogen-bond acceptors (Lipinski definition) is 2. The molecule has 2 aromatic carbocycles. The predicted molar refractivity (Wildman–Crippen MR) is 82.3 cm³/mol. The van der Waals surface area contributed by atoms with Gasteiger partial charge in [0.2, 0.25) is 0 Å². The molecule has 0 fully saturated rings. The number of hydrogen-bond donors (Lipinski definition) is 0. The van der Waals surface area contributed by atoms with Crippen LogP contribution in [0.15, 0.2) is 47.4 Å². The molecule has 0 aliphatic heterocycles. The first-order valence-electron chi connectivity index (χ1n) is 5.89. The fraction of sp³-hybridized carbons (Fsp3) is 0.133. The molecule has 0 amide bonds. The molecule has 0 saturated heterocycles. The topological polar surface area (TPSA) is 17.1 Å². The van der Waals surface area contributed by atoms with Crippen LogP contribution in [-0.4, -0.2) is 11.5 Å². The predicted octanol–water partition coefficient (Wildman–Crippen LogP) is 5.04. The van der Waals surface area contributed by atoms with E-state index in [0.29, 0.717) is 16.3 Å². The zero-order valence-electron chi connectivity index (χ0n) is 10.4. The van der Waals surface area contributed by atoms with Gasteiger partial charge in [-0.2, -0.15) is 0 Å². The van der Waals surface area contributed by atoms with E-state index in [0.717, 1.165) is 4.90 Å². The Morgan fingerprint density at radius 1 is 1.10 bits per heavy atom. The standard InChI is InChI=1S/C15H11Cl2FOS/c16-13-3-1-2-4-15(13)20-9-12(19)7-10-5-6-11(18)8-14(10)17/h1-6,8H,7,9H2. The highest BCUT2D eigenvalue weighted by molar-refractivity contribution is 8.00. The average Bonchev–Trinajstić information content (AvgIpc) is 2.41. The second kappa shape index (κ2) is 7.11. The lowest BCUT2D eigenvalue weighted by Gasteiger charge is -2.05. The van der Waals surface area contributed by atoms with Gasteiger partial charge in [0.25, 0.3) is 0 Å². The van der Waals surface area contributed by atoms with Crippen LogP contribution in [0.2, 0.25) is 10.0 Å². The normalized spacial score (nSPS) is 10.6. The van der Waals surface area contributed by atoms with Crippen molar-refractivity contribution in [1.82, 2.24) is 0 Å². The van der Waals surface area contributed by atoms with Gasteiger partial charge in [-0.05, 0) is 29.8 Å².